The summed E-state index contributed by atoms with van der Waals surface area (Å²) in [6, 6.07) is 3.46. The number of rotatable bonds is 0. The van der Waals surface area contributed by atoms with E-state index >= 15 is 0 Å². The van der Waals surface area contributed by atoms with E-state index in [0.717, 1.165) is 5.69 Å². The molecule has 0 bridgehead atoms. The minimum absolute atomic E-state index is 0.0448. The van der Waals surface area contributed by atoms with Crippen molar-refractivity contribution in [2.75, 3.05) is 0 Å². The number of hydrogen-bond acceptors (Lipinski definition) is 1. The number of imidazole rings is 1. The normalized spacial score (nSPS) is 20.1. The van der Waals surface area contributed by atoms with Gasteiger partial charge in [-0.1, -0.05) is 11.6 Å². The molecule has 1 aliphatic carbocycles. The highest BCUT2D eigenvalue weighted by Crippen LogP contribution is 2.37. The van der Waals surface area contributed by atoms with E-state index in [4.69, 9.17) is 11.6 Å². The zero-order chi connectivity index (χ0) is 12.9. The van der Waals surface area contributed by atoms with E-state index in [1.165, 1.54) is 0 Å². The summed E-state index contributed by atoms with van der Waals surface area (Å²) < 4.78 is 39.9. The van der Waals surface area contributed by atoms with Crippen molar-refractivity contribution in [1.82, 2.24) is 9.38 Å². The van der Waals surface area contributed by atoms with E-state index in [2.05, 4.69) is 4.98 Å². The Hall–Kier alpha value is -1.23. The molecule has 0 aromatic carbocycles. The van der Waals surface area contributed by atoms with Crippen molar-refractivity contribution in [1.29, 1.82) is 0 Å². The summed E-state index contributed by atoms with van der Waals surface area (Å²) in [5, 5.41) is 0.468. The van der Waals surface area contributed by atoms with Crippen molar-refractivity contribution in [2.24, 2.45) is 5.92 Å². The van der Waals surface area contributed by atoms with Gasteiger partial charge in [0.2, 0.25) is 0 Å². The molecule has 0 saturated carbocycles. The molecule has 2 aromatic rings. The van der Waals surface area contributed by atoms with Gasteiger partial charge in [-0.05, 0) is 25.0 Å². The van der Waals surface area contributed by atoms with E-state index in [1.807, 2.05) is 0 Å². The number of aromatic nitrogens is 2. The van der Waals surface area contributed by atoms with Crippen LogP contribution in [0.5, 0.6) is 0 Å². The SMILES string of the molecule is FC(F)(F)C1CCc2c(nc3c(Cl)cccn23)C1. The van der Waals surface area contributed by atoms with Crippen LogP contribution >= 0.6 is 11.6 Å². The van der Waals surface area contributed by atoms with Crippen LogP contribution < -0.4 is 0 Å². The van der Waals surface area contributed by atoms with Crippen LogP contribution in [-0.4, -0.2) is 15.6 Å². The third kappa shape index (κ3) is 1.77. The van der Waals surface area contributed by atoms with Crippen molar-refractivity contribution >= 4 is 17.2 Å². The van der Waals surface area contributed by atoms with Crippen LogP contribution in [0.4, 0.5) is 13.2 Å². The molecule has 1 unspecified atom stereocenters. The number of nitrogens with zero attached hydrogens (tertiary/aromatic N) is 2. The van der Waals surface area contributed by atoms with Crippen molar-refractivity contribution in [2.45, 2.75) is 25.4 Å². The average molecular weight is 275 g/mol. The standard InChI is InChI=1S/C12H10ClF3N2/c13-8-2-1-5-18-10-4-3-7(12(14,15)16)6-9(10)17-11(8)18/h1-2,5,7H,3-4,6H2. The topological polar surface area (TPSA) is 17.3 Å². The Labute approximate surface area is 106 Å². The van der Waals surface area contributed by atoms with Gasteiger partial charge < -0.3 is 4.40 Å². The van der Waals surface area contributed by atoms with Crippen molar-refractivity contribution in [3.05, 3.63) is 34.7 Å². The molecule has 0 saturated heterocycles. The number of hydrogen-bond donors (Lipinski definition) is 0. The van der Waals surface area contributed by atoms with Crippen LogP contribution in [-0.2, 0) is 12.8 Å². The number of aryl methyl sites for hydroxylation is 1. The Morgan fingerprint density at radius 3 is 2.89 bits per heavy atom. The summed E-state index contributed by atoms with van der Waals surface area (Å²) in [5.41, 5.74) is 1.93. The van der Waals surface area contributed by atoms with Gasteiger partial charge in [-0.15, -0.1) is 0 Å². The molecule has 0 aliphatic heterocycles. The van der Waals surface area contributed by atoms with Gasteiger partial charge in [0.25, 0.3) is 0 Å². The fraction of sp³-hybridized carbons (Fsp3) is 0.417. The summed E-state index contributed by atoms with van der Waals surface area (Å²) in [4.78, 5) is 4.25. The maximum Gasteiger partial charge on any atom is 0.392 e. The molecule has 2 aromatic heterocycles. The number of halogens is 4. The van der Waals surface area contributed by atoms with Gasteiger partial charge in [0, 0.05) is 18.3 Å². The first-order chi connectivity index (χ1) is 8.47. The van der Waals surface area contributed by atoms with Crippen molar-refractivity contribution < 1.29 is 13.2 Å². The Morgan fingerprint density at radius 2 is 2.17 bits per heavy atom. The molecule has 2 nitrogen and oxygen atoms in total. The zero-order valence-electron chi connectivity index (χ0n) is 9.34. The number of fused-ring (bicyclic) bond motifs is 3. The average Bonchev–Trinajstić information content (AvgIpc) is 2.67. The summed E-state index contributed by atoms with van der Waals surface area (Å²) in [6.45, 7) is 0. The molecule has 1 atom stereocenters. The van der Waals surface area contributed by atoms with E-state index in [-0.39, 0.29) is 12.8 Å². The molecular weight excluding hydrogens is 265 g/mol. The lowest BCUT2D eigenvalue weighted by Crippen LogP contribution is -2.29. The molecule has 6 heteroatoms. The Kier molecular flexibility index (Phi) is 2.55. The lowest BCUT2D eigenvalue weighted by atomic mass is 9.89. The van der Waals surface area contributed by atoms with Gasteiger partial charge in [0.15, 0.2) is 5.65 Å². The minimum atomic E-state index is -4.14. The maximum atomic E-state index is 12.7. The van der Waals surface area contributed by atoms with E-state index in [0.29, 0.717) is 22.8 Å². The predicted molar refractivity (Wildman–Crippen MR) is 61.8 cm³/mol. The maximum absolute atomic E-state index is 12.7. The summed E-state index contributed by atoms with van der Waals surface area (Å²) in [5.74, 6) is -1.28. The molecule has 0 spiro atoms. The van der Waals surface area contributed by atoms with Crippen LogP contribution in [0.3, 0.4) is 0 Å². The Morgan fingerprint density at radius 1 is 1.39 bits per heavy atom. The molecule has 0 fully saturated rings. The smallest absolute Gasteiger partial charge is 0.303 e. The molecule has 96 valence electrons. The predicted octanol–water partition coefficient (Wildman–Crippen LogP) is 3.65. The second kappa shape index (κ2) is 3.88. The monoisotopic (exact) mass is 274 g/mol. The van der Waals surface area contributed by atoms with Crippen LogP contribution in [0.1, 0.15) is 17.8 Å². The molecule has 2 heterocycles. The Bertz CT molecular complexity index is 603. The summed E-state index contributed by atoms with van der Waals surface area (Å²) >= 11 is 6.00. The van der Waals surface area contributed by atoms with Crippen LogP contribution in [0.15, 0.2) is 18.3 Å². The Balaban J connectivity index is 2.08. The third-order valence-corrected chi connectivity index (χ3v) is 3.71. The first-order valence-electron chi connectivity index (χ1n) is 5.68. The highest BCUT2D eigenvalue weighted by Gasteiger charge is 2.42. The van der Waals surface area contributed by atoms with E-state index < -0.39 is 12.1 Å². The zero-order valence-corrected chi connectivity index (χ0v) is 10.1. The van der Waals surface area contributed by atoms with Gasteiger partial charge in [-0.25, -0.2) is 4.98 Å². The molecule has 3 rings (SSSR count). The molecule has 0 amide bonds. The quantitative estimate of drug-likeness (QED) is 0.717. The van der Waals surface area contributed by atoms with Gasteiger partial charge in [0.05, 0.1) is 16.6 Å². The van der Waals surface area contributed by atoms with Crippen LogP contribution in [0.25, 0.3) is 5.65 Å². The van der Waals surface area contributed by atoms with Gasteiger partial charge >= 0.3 is 6.18 Å². The van der Waals surface area contributed by atoms with Gasteiger partial charge in [-0.3, -0.25) is 0 Å². The third-order valence-electron chi connectivity index (χ3n) is 3.42. The largest absolute Gasteiger partial charge is 0.392 e. The molecule has 0 radical (unpaired) electrons. The first kappa shape index (κ1) is 11.8. The van der Waals surface area contributed by atoms with E-state index in [9.17, 15) is 13.2 Å². The molecule has 0 N–H and O–H groups in total. The van der Waals surface area contributed by atoms with Crippen molar-refractivity contribution in [3.63, 3.8) is 0 Å². The van der Waals surface area contributed by atoms with Crippen LogP contribution in [0, 0.1) is 5.92 Å². The highest BCUT2D eigenvalue weighted by atomic mass is 35.5. The molecular formula is C12H10ClF3N2. The summed E-state index contributed by atoms with van der Waals surface area (Å²) in [7, 11) is 0. The highest BCUT2D eigenvalue weighted by molar-refractivity contribution is 6.33. The van der Waals surface area contributed by atoms with Gasteiger partial charge in [-0.2, -0.15) is 13.2 Å². The fourth-order valence-electron chi connectivity index (χ4n) is 2.48. The first-order valence-corrected chi connectivity index (χ1v) is 6.05. The van der Waals surface area contributed by atoms with Crippen molar-refractivity contribution in [3.8, 4) is 0 Å². The second-order valence-corrected chi connectivity index (χ2v) is 4.94. The lowest BCUT2D eigenvalue weighted by Gasteiger charge is -2.23. The van der Waals surface area contributed by atoms with Crippen LogP contribution in [0.2, 0.25) is 5.02 Å². The number of alkyl halides is 3. The fourth-order valence-corrected chi connectivity index (χ4v) is 2.69. The molecule has 18 heavy (non-hydrogen) atoms. The lowest BCUT2D eigenvalue weighted by molar-refractivity contribution is -0.177. The second-order valence-electron chi connectivity index (χ2n) is 4.54. The molecule has 1 aliphatic rings. The van der Waals surface area contributed by atoms with E-state index in [1.54, 1.807) is 22.7 Å². The minimum Gasteiger partial charge on any atom is -0.303 e. The summed E-state index contributed by atoms with van der Waals surface area (Å²) in [6.07, 6.45) is -1.88. The number of pyridine rings is 1. The van der Waals surface area contributed by atoms with Gasteiger partial charge in [0.1, 0.15) is 0 Å².